The van der Waals surface area contributed by atoms with Gasteiger partial charge in [0.25, 0.3) is 5.56 Å². The van der Waals surface area contributed by atoms with E-state index in [1.54, 1.807) is 40.2 Å². The van der Waals surface area contributed by atoms with Crippen LogP contribution in [-0.4, -0.2) is 60.8 Å². The minimum Gasteiger partial charge on any atom is -0.397 e. The lowest BCUT2D eigenvalue weighted by molar-refractivity contribution is -0.138. The highest BCUT2D eigenvalue weighted by Gasteiger charge is 2.36. The van der Waals surface area contributed by atoms with Crippen molar-refractivity contribution in [2.45, 2.75) is 32.0 Å². The van der Waals surface area contributed by atoms with E-state index in [0.29, 0.717) is 24.0 Å². The first kappa shape index (κ1) is 30.0. The molecule has 0 radical (unpaired) electrons. The number of nitrogen functional groups attached to an aromatic ring is 1. The van der Waals surface area contributed by atoms with Crippen LogP contribution in [0.15, 0.2) is 53.7 Å². The number of carbonyl (C=O) groups is 1. The number of aliphatic hydroxyl groups excluding tert-OH is 1. The number of carbonyl (C=O) groups excluding carboxylic acids is 1. The third kappa shape index (κ3) is 7.50. The first-order chi connectivity index (χ1) is 18.9. The molecule has 0 saturated heterocycles. The second-order valence-electron chi connectivity index (χ2n) is 8.74. The Morgan fingerprint density at radius 2 is 2.00 bits per heavy atom. The van der Waals surface area contributed by atoms with Gasteiger partial charge in [0.15, 0.2) is 17.8 Å². The average molecular weight is 562 g/mol. The Morgan fingerprint density at radius 3 is 2.60 bits per heavy atom. The maximum absolute atomic E-state index is 14.6. The van der Waals surface area contributed by atoms with Crippen LogP contribution < -0.4 is 11.3 Å². The smallest absolute Gasteiger partial charge is 0.397 e. The molecule has 0 saturated carbocycles. The molecule has 3 aromatic heterocycles. The molecule has 14 heteroatoms. The number of hydrogen-bond donors (Lipinski definition) is 3. The van der Waals surface area contributed by atoms with Crippen LogP contribution in [0, 0.1) is 5.82 Å². The third-order valence-electron chi connectivity index (χ3n) is 5.58. The summed E-state index contributed by atoms with van der Waals surface area (Å²) in [5.74, 6) is -0.301. The summed E-state index contributed by atoms with van der Waals surface area (Å²) in [5.41, 5.74) is 3.13. The van der Waals surface area contributed by atoms with Crippen LogP contribution >= 0.6 is 0 Å². The Hall–Kier alpha value is -4.59. The molecule has 0 spiro atoms. The predicted octanol–water partition coefficient (Wildman–Crippen LogP) is 3.78. The first-order valence-electron chi connectivity index (χ1n) is 12.0. The molecule has 0 aliphatic heterocycles. The zero-order valence-electron chi connectivity index (χ0n) is 21.6. The van der Waals surface area contributed by atoms with E-state index in [4.69, 9.17) is 5.73 Å². The van der Waals surface area contributed by atoms with E-state index in [2.05, 4.69) is 15.2 Å². The van der Waals surface area contributed by atoms with Crippen LogP contribution in [0.4, 0.5) is 23.2 Å². The molecular formula is C26H27F4N7O3. The number of nitrogens with two attached hydrogens (primary N) is 1. The molecule has 40 heavy (non-hydrogen) atoms. The number of H-pyrrole nitrogens is 1. The molecule has 4 N–H and O–H groups in total. The molecule has 0 aliphatic rings. The van der Waals surface area contributed by atoms with Crippen LogP contribution in [0.3, 0.4) is 0 Å². The minimum atomic E-state index is -4.74. The van der Waals surface area contributed by atoms with Crippen LogP contribution in [0.2, 0.25) is 0 Å². The first-order valence-corrected chi connectivity index (χ1v) is 12.0. The number of aromatic nitrogens is 5. The van der Waals surface area contributed by atoms with Crippen molar-refractivity contribution >= 4 is 23.7 Å². The highest BCUT2D eigenvalue weighted by Crippen LogP contribution is 2.29. The van der Waals surface area contributed by atoms with E-state index in [1.165, 1.54) is 6.07 Å². The molecular weight excluding hydrogens is 534 g/mol. The zero-order chi connectivity index (χ0) is 29.4. The molecule has 4 aromatic rings. The number of rotatable bonds is 8. The van der Waals surface area contributed by atoms with Gasteiger partial charge >= 0.3 is 6.18 Å². The van der Waals surface area contributed by atoms with E-state index < -0.39 is 34.9 Å². The van der Waals surface area contributed by atoms with Gasteiger partial charge in [0, 0.05) is 25.4 Å². The van der Waals surface area contributed by atoms with Crippen molar-refractivity contribution in [2.75, 3.05) is 19.3 Å². The summed E-state index contributed by atoms with van der Waals surface area (Å²) in [6.45, 7) is 2.49. The quantitative estimate of drug-likeness (QED) is 0.218. The SMILES string of the molecule is CCCC(O)CN(C)/C=C\c1cc(-c2nc3ccccn3n2)c(F)cc1C=O.Nc1cn[nH]c(=O)c1C(F)(F)F. The lowest BCUT2D eigenvalue weighted by Crippen LogP contribution is -2.24. The van der Waals surface area contributed by atoms with Gasteiger partial charge in [-0.25, -0.2) is 19.0 Å². The Kier molecular flexibility index (Phi) is 9.72. The molecule has 1 atom stereocenters. The molecule has 0 amide bonds. The number of benzene rings is 1. The second kappa shape index (κ2) is 13.0. The van der Waals surface area contributed by atoms with Crippen molar-refractivity contribution in [3.05, 3.63) is 81.8 Å². The highest BCUT2D eigenvalue weighted by atomic mass is 19.4. The van der Waals surface area contributed by atoms with E-state index in [1.807, 2.05) is 31.0 Å². The average Bonchev–Trinajstić information content (AvgIpc) is 3.31. The number of nitrogens with zero attached hydrogens (tertiary/aromatic N) is 5. The van der Waals surface area contributed by atoms with Crippen molar-refractivity contribution < 1.29 is 27.5 Å². The maximum Gasteiger partial charge on any atom is 0.423 e. The summed E-state index contributed by atoms with van der Waals surface area (Å²) in [4.78, 5) is 28.1. The Labute approximate surface area is 225 Å². The van der Waals surface area contributed by atoms with Gasteiger partial charge in [0.2, 0.25) is 0 Å². The number of halogens is 4. The summed E-state index contributed by atoms with van der Waals surface area (Å²) in [7, 11) is 1.84. The largest absolute Gasteiger partial charge is 0.423 e. The van der Waals surface area contributed by atoms with Gasteiger partial charge in [0.05, 0.1) is 23.6 Å². The number of nitrogens with one attached hydrogen (secondary N) is 1. The molecule has 10 nitrogen and oxygen atoms in total. The summed E-state index contributed by atoms with van der Waals surface area (Å²) < 4.78 is 52.1. The van der Waals surface area contributed by atoms with E-state index in [0.717, 1.165) is 19.0 Å². The van der Waals surface area contributed by atoms with Crippen LogP contribution in [0.1, 0.15) is 41.3 Å². The zero-order valence-corrected chi connectivity index (χ0v) is 21.6. The number of aromatic amines is 1. The Balaban J connectivity index is 0.000000307. The van der Waals surface area contributed by atoms with Gasteiger partial charge < -0.3 is 15.7 Å². The van der Waals surface area contributed by atoms with Gasteiger partial charge in [-0.05, 0) is 48.5 Å². The molecule has 0 fully saturated rings. The standard InChI is InChI=1S/C21H23FN4O2.C5H4F3N3O/c1-3-6-17(28)13-25(2)10-8-15-11-18(19(22)12-16(15)14-27)21-23-20-7-4-5-9-26(20)24-21;6-5(7,8)3-2(9)1-10-11-4(3)12/h4-5,7-12,14,17,28H,3,6,13H2,1-2H3;1H,(H3,9,11,12)/b10-8-;. The van der Waals surface area contributed by atoms with Gasteiger partial charge in [-0.15, -0.1) is 5.10 Å². The van der Waals surface area contributed by atoms with Crippen molar-refractivity contribution in [1.29, 1.82) is 0 Å². The van der Waals surface area contributed by atoms with Gasteiger partial charge in [-0.2, -0.15) is 18.3 Å². The van der Waals surface area contributed by atoms with E-state index in [9.17, 15) is 32.3 Å². The van der Waals surface area contributed by atoms with Crippen molar-refractivity contribution in [3.8, 4) is 11.4 Å². The summed E-state index contributed by atoms with van der Waals surface area (Å²) in [6, 6.07) is 8.19. The number of anilines is 1. The van der Waals surface area contributed by atoms with Crippen LogP contribution in [0.5, 0.6) is 0 Å². The van der Waals surface area contributed by atoms with Crippen LogP contribution in [0.25, 0.3) is 23.1 Å². The predicted molar refractivity (Wildman–Crippen MR) is 141 cm³/mol. The molecule has 212 valence electrons. The summed E-state index contributed by atoms with van der Waals surface area (Å²) in [5, 5.41) is 19.0. The highest BCUT2D eigenvalue weighted by molar-refractivity contribution is 5.84. The van der Waals surface area contributed by atoms with Gasteiger partial charge in [-0.3, -0.25) is 9.59 Å². The number of hydrogen-bond acceptors (Lipinski definition) is 8. The topological polar surface area (TPSA) is 142 Å². The normalized spacial score (nSPS) is 12.3. The molecule has 0 bridgehead atoms. The Bertz CT molecular complexity index is 1520. The fraction of sp³-hybridized carbons (Fsp3) is 0.269. The molecule has 1 aromatic carbocycles. The van der Waals surface area contributed by atoms with E-state index >= 15 is 0 Å². The summed E-state index contributed by atoms with van der Waals surface area (Å²) >= 11 is 0. The number of alkyl halides is 3. The van der Waals surface area contributed by atoms with Crippen molar-refractivity contribution in [2.24, 2.45) is 0 Å². The lowest BCUT2D eigenvalue weighted by atomic mass is 10.0. The minimum absolute atomic E-state index is 0.225. The van der Waals surface area contributed by atoms with Crippen molar-refractivity contribution in [3.63, 3.8) is 0 Å². The number of fused-ring (bicyclic) bond motifs is 1. The van der Waals surface area contributed by atoms with Crippen molar-refractivity contribution in [1.82, 2.24) is 29.7 Å². The van der Waals surface area contributed by atoms with Crippen LogP contribution in [-0.2, 0) is 6.18 Å². The summed E-state index contributed by atoms with van der Waals surface area (Å²) in [6.07, 6.45) is 3.05. The molecule has 0 aliphatic carbocycles. The maximum atomic E-state index is 14.6. The molecule has 4 rings (SSSR count). The fourth-order valence-corrected chi connectivity index (χ4v) is 3.70. The Morgan fingerprint density at radius 1 is 1.25 bits per heavy atom. The van der Waals surface area contributed by atoms with E-state index in [-0.39, 0.29) is 17.0 Å². The number of pyridine rings is 1. The van der Waals surface area contributed by atoms with Gasteiger partial charge in [0.1, 0.15) is 11.4 Å². The van der Waals surface area contributed by atoms with Gasteiger partial charge in [-0.1, -0.05) is 19.4 Å². The molecule has 1 unspecified atom stereocenters. The third-order valence-corrected chi connectivity index (χ3v) is 5.58. The number of aldehydes is 1. The lowest BCUT2D eigenvalue weighted by Gasteiger charge is -2.18. The monoisotopic (exact) mass is 561 g/mol. The number of likely N-dealkylation sites (N-methyl/N-ethyl adjacent to an activating group) is 1. The fourth-order valence-electron chi connectivity index (χ4n) is 3.70. The number of aliphatic hydroxyl groups is 1. The second-order valence-corrected chi connectivity index (χ2v) is 8.74. The molecule has 3 heterocycles.